The van der Waals surface area contributed by atoms with E-state index in [0.29, 0.717) is 43.7 Å². The van der Waals surface area contributed by atoms with Crippen LogP contribution in [0.4, 0.5) is 24.5 Å². The number of nitrogens with zero attached hydrogens (tertiary/aromatic N) is 1. The van der Waals surface area contributed by atoms with Crippen LogP contribution in [0.2, 0.25) is 0 Å². The molecule has 10 heteroatoms. The predicted octanol–water partition coefficient (Wildman–Crippen LogP) is 5.48. The molecule has 1 saturated carbocycles. The molecule has 1 saturated heterocycles. The summed E-state index contributed by atoms with van der Waals surface area (Å²) in [6.07, 6.45) is 1.70. The number of carbonyl (C=O) groups excluding carboxylic acids is 1. The molecule has 194 valence electrons. The van der Waals surface area contributed by atoms with Gasteiger partial charge in [0.1, 0.15) is 5.75 Å². The highest BCUT2D eigenvalue weighted by molar-refractivity contribution is 7.80. The van der Waals surface area contributed by atoms with E-state index in [1.54, 1.807) is 0 Å². The van der Waals surface area contributed by atoms with E-state index in [9.17, 15) is 18.0 Å². The Kier molecular flexibility index (Phi) is 8.68. The number of nitrogens with one attached hydrogen (secondary N) is 2. The van der Waals surface area contributed by atoms with Crippen LogP contribution in [0.5, 0.6) is 5.75 Å². The lowest BCUT2D eigenvalue weighted by atomic mass is 9.84. The summed E-state index contributed by atoms with van der Waals surface area (Å²) in [5, 5.41) is 5.13. The molecular formula is C26H30F3N3O3S. The number of benzene rings is 2. The molecule has 1 heterocycles. The Labute approximate surface area is 214 Å². The third-order valence-electron chi connectivity index (χ3n) is 6.50. The minimum atomic E-state index is -4.51. The van der Waals surface area contributed by atoms with Crippen LogP contribution in [-0.2, 0) is 15.7 Å². The summed E-state index contributed by atoms with van der Waals surface area (Å²) >= 11 is 5.21. The lowest BCUT2D eigenvalue weighted by Gasteiger charge is -2.31. The molecule has 1 amide bonds. The molecule has 2 aliphatic rings. The van der Waals surface area contributed by atoms with Crippen LogP contribution in [0.1, 0.15) is 49.1 Å². The summed E-state index contributed by atoms with van der Waals surface area (Å²) < 4.78 is 50.8. The summed E-state index contributed by atoms with van der Waals surface area (Å²) in [5.41, 5.74) is 1.19. The van der Waals surface area contributed by atoms with Gasteiger partial charge in [-0.3, -0.25) is 10.1 Å². The van der Waals surface area contributed by atoms with Gasteiger partial charge in [0.2, 0.25) is 0 Å². The number of halogens is 3. The molecule has 1 aliphatic heterocycles. The molecule has 0 unspecified atom stereocenters. The molecule has 36 heavy (non-hydrogen) atoms. The zero-order chi connectivity index (χ0) is 25.5. The fraction of sp³-hybridized carbons (Fsp3) is 0.462. The normalized spacial score (nSPS) is 16.9. The van der Waals surface area contributed by atoms with E-state index in [1.807, 2.05) is 29.2 Å². The molecule has 0 radical (unpaired) electrons. The first-order chi connectivity index (χ1) is 17.3. The maximum atomic E-state index is 13.3. The summed E-state index contributed by atoms with van der Waals surface area (Å²) in [7, 11) is 0. The van der Waals surface area contributed by atoms with Crippen molar-refractivity contribution in [1.82, 2.24) is 5.32 Å². The van der Waals surface area contributed by atoms with Crippen molar-refractivity contribution in [2.75, 3.05) is 43.1 Å². The van der Waals surface area contributed by atoms with Gasteiger partial charge >= 0.3 is 6.18 Å². The molecule has 0 bridgehead atoms. The zero-order valence-corrected chi connectivity index (χ0v) is 20.7. The number of morpholine rings is 1. The molecule has 2 aromatic carbocycles. The average molecular weight is 522 g/mol. The Hall–Kier alpha value is -2.85. The number of rotatable bonds is 6. The zero-order valence-electron chi connectivity index (χ0n) is 19.9. The minimum Gasteiger partial charge on any atom is -0.484 e. The van der Waals surface area contributed by atoms with Crippen LogP contribution < -0.4 is 20.3 Å². The first-order valence-electron chi connectivity index (χ1n) is 12.2. The molecule has 2 N–H and O–H groups in total. The highest BCUT2D eigenvalue weighted by atomic mass is 32.1. The van der Waals surface area contributed by atoms with Crippen LogP contribution in [0.3, 0.4) is 0 Å². The van der Waals surface area contributed by atoms with Gasteiger partial charge < -0.3 is 19.7 Å². The third kappa shape index (κ3) is 7.10. The van der Waals surface area contributed by atoms with Crippen LogP contribution in [0, 0.1) is 0 Å². The second kappa shape index (κ2) is 11.9. The maximum absolute atomic E-state index is 13.3. The Morgan fingerprint density at radius 2 is 1.75 bits per heavy atom. The van der Waals surface area contributed by atoms with Crippen LogP contribution in [-0.4, -0.2) is 43.9 Å². The van der Waals surface area contributed by atoms with Crippen molar-refractivity contribution in [1.29, 1.82) is 0 Å². The first kappa shape index (κ1) is 26.2. The number of hydrogen-bond acceptors (Lipinski definition) is 5. The molecule has 6 nitrogen and oxygen atoms in total. The van der Waals surface area contributed by atoms with Gasteiger partial charge in [0.05, 0.1) is 30.2 Å². The van der Waals surface area contributed by atoms with E-state index in [2.05, 4.69) is 10.6 Å². The van der Waals surface area contributed by atoms with Crippen LogP contribution in [0.25, 0.3) is 0 Å². The summed E-state index contributed by atoms with van der Waals surface area (Å²) in [6, 6.07) is 11.2. The van der Waals surface area contributed by atoms with E-state index in [1.165, 1.54) is 43.7 Å². The first-order valence-corrected chi connectivity index (χ1v) is 12.6. The van der Waals surface area contributed by atoms with Gasteiger partial charge in [-0.15, -0.1) is 0 Å². The van der Waals surface area contributed by atoms with Crippen molar-refractivity contribution in [2.45, 2.75) is 44.2 Å². The molecule has 1 aliphatic carbocycles. The van der Waals surface area contributed by atoms with Crippen LogP contribution >= 0.6 is 12.2 Å². The predicted molar refractivity (Wildman–Crippen MR) is 137 cm³/mol. The molecular weight excluding hydrogens is 491 g/mol. The van der Waals surface area contributed by atoms with Crippen molar-refractivity contribution in [2.24, 2.45) is 0 Å². The molecule has 0 spiro atoms. The van der Waals surface area contributed by atoms with Crippen molar-refractivity contribution < 1.29 is 27.4 Å². The Morgan fingerprint density at radius 1 is 1.06 bits per heavy atom. The number of hydrogen-bond donors (Lipinski definition) is 2. The quantitative estimate of drug-likeness (QED) is 0.491. The minimum absolute atomic E-state index is 0.106. The molecule has 4 rings (SSSR count). The van der Waals surface area contributed by atoms with Gasteiger partial charge in [0, 0.05) is 13.1 Å². The molecule has 0 aromatic heterocycles. The number of ether oxygens (including phenoxy) is 2. The number of anilines is 2. The smallest absolute Gasteiger partial charge is 0.416 e. The lowest BCUT2D eigenvalue weighted by molar-refractivity contribution is -0.137. The molecule has 2 fully saturated rings. The van der Waals surface area contributed by atoms with Crippen molar-refractivity contribution in [3.8, 4) is 5.75 Å². The fourth-order valence-electron chi connectivity index (χ4n) is 4.63. The number of carbonyl (C=O) groups is 1. The number of amides is 1. The van der Waals surface area contributed by atoms with Gasteiger partial charge in [-0.05, 0) is 66.9 Å². The van der Waals surface area contributed by atoms with Gasteiger partial charge in [-0.25, -0.2) is 0 Å². The van der Waals surface area contributed by atoms with Crippen LogP contribution in [0.15, 0.2) is 42.5 Å². The third-order valence-corrected chi connectivity index (χ3v) is 6.71. The molecule has 0 atom stereocenters. The summed E-state index contributed by atoms with van der Waals surface area (Å²) in [6.45, 7) is 1.74. The fourth-order valence-corrected chi connectivity index (χ4v) is 4.85. The SMILES string of the molecule is O=C(COc1ccc(C2CCCCC2)cc1)NC(=S)Nc1cc(C(F)(F)F)ccc1N1CCOCC1. The summed E-state index contributed by atoms with van der Waals surface area (Å²) in [5.74, 6) is 0.637. The Balaban J connectivity index is 1.33. The van der Waals surface area contributed by atoms with E-state index in [-0.39, 0.29) is 17.4 Å². The van der Waals surface area contributed by atoms with E-state index >= 15 is 0 Å². The maximum Gasteiger partial charge on any atom is 0.416 e. The van der Waals surface area contributed by atoms with E-state index in [0.717, 1.165) is 12.1 Å². The van der Waals surface area contributed by atoms with Crippen molar-refractivity contribution in [3.05, 3.63) is 53.6 Å². The second-order valence-corrected chi connectivity index (χ2v) is 9.43. The Bertz CT molecular complexity index is 1050. The number of thiocarbonyl (C=S) groups is 1. The highest BCUT2D eigenvalue weighted by Crippen LogP contribution is 2.36. The van der Waals surface area contributed by atoms with Crippen molar-refractivity contribution in [3.63, 3.8) is 0 Å². The topological polar surface area (TPSA) is 62.8 Å². The second-order valence-electron chi connectivity index (χ2n) is 9.02. The van der Waals surface area contributed by atoms with E-state index in [4.69, 9.17) is 21.7 Å². The van der Waals surface area contributed by atoms with Gasteiger partial charge in [0.25, 0.3) is 5.91 Å². The van der Waals surface area contributed by atoms with Gasteiger partial charge in [-0.2, -0.15) is 13.2 Å². The standard InChI is InChI=1S/C26H30F3N3O3S/c27-26(28,29)20-8-11-23(32-12-14-34-15-13-32)22(16-20)30-25(36)31-24(33)17-35-21-9-6-19(7-10-21)18-4-2-1-3-5-18/h6-11,16,18H,1-5,12-15,17H2,(H2,30,31,33,36). The summed E-state index contributed by atoms with van der Waals surface area (Å²) in [4.78, 5) is 14.3. The monoisotopic (exact) mass is 521 g/mol. The van der Waals surface area contributed by atoms with E-state index < -0.39 is 17.6 Å². The number of alkyl halides is 3. The largest absolute Gasteiger partial charge is 0.484 e. The highest BCUT2D eigenvalue weighted by Gasteiger charge is 2.32. The average Bonchev–Trinajstić information content (AvgIpc) is 2.88. The lowest BCUT2D eigenvalue weighted by Crippen LogP contribution is -2.39. The van der Waals surface area contributed by atoms with Gasteiger partial charge in [0.15, 0.2) is 11.7 Å². The van der Waals surface area contributed by atoms with Crippen molar-refractivity contribution >= 4 is 34.6 Å². The van der Waals surface area contributed by atoms with Gasteiger partial charge in [-0.1, -0.05) is 31.4 Å². The Morgan fingerprint density at radius 3 is 2.42 bits per heavy atom. The molecule has 2 aromatic rings.